The van der Waals surface area contributed by atoms with Gasteiger partial charge in [0.2, 0.25) is 11.8 Å². The van der Waals surface area contributed by atoms with E-state index >= 15 is 0 Å². The van der Waals surface area contributed by atoms with Crippen LogP contribution in [0.5, 0.6) is 5.75 Å². The van der Waals surface area contributed by atoms with E-state index < -0.39 is 0 Å². The number of benzene rings is 2. The van der Waals surface area contributed by atoms with Gasteiger partial charge >= 0.3 is 0 Å². The number of nitrogens with one attached hydrogen (secondary N) is 2. The van der Waals surface area contributed by atoms with Gasteiger partial charge in [-0.05, 0) is 42.2 Å². The van der Waals surface area contributed by atoms with Gasteiger partial charge in [-0.15, -0.1) is 0 Å². The fraction of sp³-hybridized carbons (Fsp3) is 0.300. The first-order chi connectivity index (χ1) is 12.6. The molecule has 0 aromatic heterocycles. The second-order valence-corrected chi connectivity index (χ2v) is 5.81. The first-order valence-electron chi connectivity index (χ1n) is 8.48. The number of methoxy groups -OCH3 is 1. The summed E-state index contributed by atoms with van der Waals surface area (Å²) in [4.78, 5) is 23.6. The Hall–Kier alpha value is -2.89. The Balaban J connectivity index is 1.64. The summed E-state index contributed by atoms with van der Waals surface area (Å²) in [5.74, 6) is -0.163. The van der Waals surface area contributed by atoms with Gasteiger partial charge in [0, 0.05) is 13.1 Å². The predicted molar refractivity (Wildman–Crippen MR) is 97.4 cm³/mol. The fourth-order valence-electron chi connectivity index (χ4n) is 2.51. The molecule has 0 fully saturated rings. The summed E-state index contributed by atoms with van der Waals surface area (Å²) in [5, 5.41) is 5.42. The zero-order valence-corrected chi connectivity index (χ0v) is 14.8. The number of ether oxygens (including phenoxy) is 1. The van der Waals surface area contributed by atoms with Crippen LogP contribution in [0.3, 0.4) is 0 Å². The summed E-state index contributed by atoms with van der Waals surface area (Å²) >= 11 is 0. The SMILES string of the molecule is COc1ccccc1CCNC(=O)CC(=O)NCCc1ccc(F)cc1. The molecule has 2 N–H and O–H groups in total. The summed E-state index contributed by atoms with van der Waals surface area (Å²) in [5.41, 5.74) is 1.92. The smallest absolute Gasteiger partial charge is 0.229 e. The molecule has 0 spiro atoms. The highest BCUT2D eigenvalue weighted by Crippen LogP contribution is 2.17. The summed E-state index contributed by atoms with van der Waals surface area (Å²) < 4.78 is 18.1. The predicted octanol–water partition coefficient (Wildman–Crippen LogP) is 2.24. The zero-order valence-electron chi connectivity index (χ0n) is 14.8. The fourth-order valence-corrected chi connectivity index (χ4v) is 2.51. The molecule has 6 heteroatoms. The maximum Gasteiger partial charge on any atom is 0.229 e. The van der Waals surface area contributed by atoms with Gasteiger partial charge in [0.1, 0.15) is 18.0 Å². The molecule has 0 aliphatic rings. The van der Waals surface area contributed by atoms with E-state index in [0.29, 0.717) is 25.9 Å². The summed E-state index contributed by atoms with van der Waals surface area (Å²) in [6.07, 6.45) is 0.999. The molecule has 26 heavy (non-hydrogen) atoms. The quantitative estimate of drug-likeness (QED) is 0.676. The van der Waals surface area contributed by atoms with Crippen LogP contribution >= 0.6 is 0 Å². The molecule has 2 rings (SSSR count). The van der Waals surface area contributed by atoms with Crippen molar-refractivity contribution in [3.05, 3.63) is 65.5 Å². The van der Waals surface area contributed by atoms with Crippen LogP contribution in [0.15, 0.2) is 48.5 Å². The molecular formula is C20H23FN2O3. The molecule has 0 radical (unpaired) electrons. The van der Waals surface area contributed by atoms with Crippen LogP contribution in [0, 0.1) is 5.82 Å². The molecule has 2 amide bonds. The van der Waals surface area contributed by atoms with E-state index in [2.05, 4.69) is 10.6 Å². The third-order valence-electron chi connectivity index (χ3n) is 3.88. The molecule has 2 aromatic rings. The van der Waals surface area contributed by atoms with Crippen molar-refractivity contribution in [2.45, 2.75) is 19.3 Å². The highest BCUT2D eigenvalue weighted by atomic mass is 19.1. The first-order valence-corrected chi connectivity index (χ1v) is 8.48. The van der Waals surface area contributed by atoms with Crippen molar-refractivity contribution >= 4 is 11.8 Å². The number of para-hydroxylation sites is 1. The maximum atomic E-state index is 12.8. The Bertz CT molecular complexity index is 732. The second kappa shape index (κ2) is 10.2. The standard InChI is InChI=1S/C20H23FN2O3/c1-26-18-5-3-2-4-16(18)11-13-23-20(25)14-19(24)22-12-10-15-6-8-17(21)9-7-15/h2-9H,10-14H2,1H3,(H,22,24)(H,23,25). The van der Waals surface area contributed by atoms with Crippen molar-refractivity contribution in [1.29, 1.82) is 0 Å². The zero-order chi connectivity index (χ0) is 18.8. The Kier molecular flexibility index (Phi) is 7.61. The van der Waals surface area contributed by atoms with Gasteiger partial charge in [-0.2, -0.15) is 0 Å². The Morgan fingerprint density at radius 3 is 2.19 bits per heavy atom. The Morgan fingerprint density at radius 2 is 1.54 bits per heavy atom. The number of amides is 2. The number of rotatable bonds is 9. The van der Waals surface area contributed by atoms with E-state index in [1.807, 2.05) is 24.3 Å². The van der Waals surface area contributed by atoms with Gasteiger partial charge in [-0.3, -0.25) is 9.59 Å². The molecule has 0 aliphatic heterocycles. The minimum atomic E-state index is -0.332. The molecule has 0 saturated carbocycles. The van der Waals surface area contributed by atoms with E-state index in [9.17, 15) is 14.0 Å². The highest BCUT2D eigenvalue weighted by Gasteiger charge is 2.09. The number of hydrogen-bond donors (Lipinski definition) is 2. The van der Waals surface area contributed by atoms with Crippen LogP contribution in [0.25, 0.3) is 0 Å². The second-order valence-electron chi connectivity index (χ2n) is 5.81. The molecule has 5 nitrogen and oxygen atoms in total. The molecule has 0 aliphatic carbocycles. The minimum absolute atomic E-state index is 0.213. The number of carbonyl (C=O) groups is 2. The van der Waals surface area contributed by atoms with Gasteiger partial charge in [0.25, 0.3) is 0 Å². The van der Waals surface area contributed by atoms with Gasteiger partial charge in [-0.1, -0.05) is 30.3 Å². The maximum absolute atomic E-state index is 12.8. The molecular weight excluding hydrogens is 335 g/mol. The van der Waals surface area contributed by atoms with Crippen LogP contribution in [0.1, 0.15) is 17.5 Å². The molecule has 0 atom stereocenters. The van der Waals surface area contributed by atoms with Crippen LogP contribution in [0.4, 0.5) is 4.39 Å². The summed E-state index contributed by atoms with van der Waals surface area (Å²) in [7, 11) is 1.60. The first kappa shape index (κ1) is 19.4. The van der Waals surface area contributed by atoms with Crippen molar-refractivity contribution in [1.82, 2.24) is 10.6 Å². The van der Waals surface area contributed by atoms with Crippen molar-refractivity contribution in [3.63, 3.8) is 0 Å². The number of halogens is 1. The largest absolute Gasteiger partial charge is 0.496 e. The third kappa shape index (κ3) is 6.55. The van der Waals surface area contributed by atoms with Crippen LogP contribution in [0.2, 0.25) is 0 Å². The van der Waals surface area contributed by atoms with Gasteiger partial charge in [-0.25, -0.2) is 4.39 Å². The van der Waals surface area contributed by atoms with Crippen LogP contribution in [-0.4, -0.2) is 32.0 Å². The lowest BCUT2D eigenvalue weighted by molar-refractivity contribution is -0.129. The average Bonchev–Trinajstić information content (AvgIpc) is 2.63. The van der Waals surface area contributed by atoms with Gasteiger partial charge in [0.05, 0.1) is 7.11 Å². The van der Waals surface area contributed by atoms with Gasteiger partial charge in [0.15, 0.2) is 0 Å². The minimum Gasteiger partial charge on any atom is -0.496 e. The monoisotopic (exact) mass is 358 g/mol. The Labute approximate surface area is 152 Å². The third-order valence-corrected chi connectivity index (χ3v) is 3.88. The Morgan fingerprint density at radius 1 is 0.923 bits per heavy atom. The lowest BCUT2D eigenvalue weighted by atomic mass is 10.1. The van der Waals surface area contributed by atoms with E-state index in [0.717, 1.165) is 16.9 Å². The molecule has 0 unspecified atom stereocenters. The molecule has 0 heterocycles. The summed E-state index contributed by atoms with van der Waals surface area (Å²) in [6, 6.07) is 13.7. The van der Waals surface area contributed by atoms with E-state index in [4.69, 9.17) is 4.74 Å². The molecule has 0 bridgehead atoms. The molecule has 138 valence electrons. The van der Waals surface area contributed by atoms with Gasteiger partial charge < -0.3 is 15.4 Å². The molecule has 2 aromatic carbocycles. The van der Waals surface area contributed by atoms with Crippen molar-refractivity contribution in [2.24, 2.45) is 0 Å². The van der Waals surface area contributed by atoms with Crippen LogP contribution in [-0.2, 0) is 22.4 Å². The average molecular weight is 358 g/mol. The molecule has 0 saturated heterocycles. The van der Waals surface area contributed by atoms with E-state index in [1.54, 1.807) is 19.2 Å². The van der Waals surface area contributed by atoms with E-state index in [-0.39, 0.29) is 24.1 Å². The number of hydrogen-bond acceptors (Lipinski definition) is 3. The van der Waals surface area contributed by atoms with E-state index in [1.165, 1.54) is 12.1 Å². The normalized spacial score (nSPS) is 10.2. The van der Waals surface area contributed by atoms with Crippen molar-refractivity contribution < 1.29 is 18.7 Å². The highest BCUT2D eigenvalue weighted by molar-refractivity contribution is 5.96. The van der Waals surface area contributed by atoms with Crippen LogP contribution < -0.4 is 15.4 Å². The lowest BCUT2D eigenvalue weighted by Crippen LogP contribution is -2.33. The van der Waals surface area contributed by atoms with Crippen molar-refractivity contribution in [2.75, 3.05) is 20.2 Å². The van der Waals surface area contributed by atoms with Crippen molar-refractivity contribution in [3.8, 4) is 5.75 Å². The number of carbonyl (C=O) groups excluding carboxylic acids is 2. The topological polar surface area (TPSA) is 67.4 Å². The summed E-state index contributed by atoms with van der Waals surface area (Å²) in [6.45, 7) is 0.834. The lowest BCUT2D eigenvalue weighted by Gasteiger charge is -2.09.